The first-order chi connectivity index (χ1) is 13.5. The molecule has 1 atom stereocenters. The summed E-state index contributed by atoms with van der Waals surface area (Å²) in [5.74, 6) is 1.33. The Morgan fingerprint density at radius 1 is 1.21 bits per heavy atom. The minimum Gasteiger partial charge on any atom is -0.454 e. The number of carbonyl (C=O) groups excluding carboxylic acids is 1. The quantitative estimate of drug-likeness (QED) is 0.725. The lowest BCUT2D eigenvalue weighted by atomic mass is 9.95. The van der Waals surface area contributed by atoms with Gasteiger partial charge in [-0.25, -0.2) is 4.98 Å². The average molecular weight is 402 g/mol. The molecule has 1 N–H and O–H groups in total. The molecule has 0 unspecified atom stereocenters. The Hall–Kier alpha value is -2.15. The van der Waals surface area contributed by atoms with E-state index in [0.717, 1.165) is 10.9 Å². The highest BCUT2D eigenvalue weighted by Gasteiger charge is 2.25. The molecule has 28 heavy (non-hydrogen) atoms. The number of rotatable bonds is 5. The number of imidazole rings is 1. The van der Waals surface area contributed by atoms with Crippen molar-refractivity contribution in [2.45, 2.75) is 69.3 Å². The largest absolute Gasteiger partial charge is 0.454 e. The molecule has 1 aliphatic carbocycles. The molecule has 1 aromatic heterocycles. The van der Waals surface area contributed by atoms with E-state index in [2.05, 4.69) is 23.7 Å². The summed E-state index contributed by atoms with van der Waals surface area (Å²) in [6.07, 6.45) is 6.25. The number of amides is 1. The summed E-state index contributed by atoms with van der Waals surface area (Å²) in [6.45, 7) is 6.34. The van der Waals surface area contributed by atoms with E-state index in [-0.39, 0.29) is 18.0 Å². The number of hydrogen-bond donors (Lipinski definition) is 1. The van der Waals surface area contributed by atoms with Crippen LogP contribution in [0.4, 0.5) is 5.69 Å². The van der Waals surface area contributed by atoms with Gasteiger partial charge < -0.3 is 19.4 Å². The van der Waals surface area contributed by atoms with Crippen LogP contribution in [0.1, 0.15) is 56.5 Å². The summed E-state index contributed by atoms with van der Waals surface area (Å²) in [4.78, 5) is 17.5. The molecule has 6 nitrogen and oxygen atoms in total. The first kappa shape index (κ1) is 19.2. The lowest BCUT2D eigenvalue weighted by Crippen LogP contribution is -2.23. The van der Waals surface area contributed by atoms with E-state index in [1.807, 2.05) is 19.1 Å². The van der Waals surface area contributed by atoms with Gasteiger partial charge in [-0.2, -0.15) is 0 Å². The Kier molecular flexibility index (Phi) is 5.53. The molecule has 1 fully saturated rings. The standard InChI is InChI=1S/C21H27N3O3S/c1-13-14(2)24(17-7-5-4-6-8-17)21(22-13)28-15(3)20(25)23-16-9-10-18-19(11-16)27-12-26-18/h9-11,15,17H,4-8,12H2,1-3H3,(H,23,25)/t15-/m1/s1. The van der Waals surface area contributed by atoms with E-state index in [1.165, 1.54) is 49.6 Å². The average Bonchev–Trinajstić information content (AvgIpc) is 3.26. The van der Waals surface area contributed by atoms with Gasteiger partial charge in [0.1, 0.15) is 0 Å². The number of anilines is 1. The van der Waals surface area contributed by atoms with Crippen LogP contribution < -0.4 is 14.8 Å². The van der Waals surface area contributed by atoms with Crippen molar-refractivity contribution >= 4 is 23.4 Å². The molecule has 0 bridgehead atoms. The lowest BCUT2D eigenvalue weighted by molar-refractivity contribution is -0.115. The van der Waals surface area contributed by atoms with Crippen molar-refractivity contribution in [2.75, 3.05) is 12.1 Å². The molecule has 1 aromatic carbocycles. The first-order valence-electron chi connectivity index (χ1n) is 9.95. The van der Waals surface area contributed by atoms with Crippen LogP contribution in [0, 0.1) is 13.8 Å². The van der Waals surface area contributed by atoms with Crippen molar-refractivity contribution < 1.29 is 14.3 Å². The van der Waals surface area contributed by atoms with Crippen LogP contribution in [0.3, 0.4) is 0 Å². The maximum Gasteiger partial charge on any atom is 0.237 e. The second-order valence-electron chi connectivity index (χ2n) is 7.54. The predicted molar refractivity (Wildman–Crippen MR) is 110 cm³/mol. The molecule has 4 rings (SSSR count). The summed E-state index contributed by atoms with van der Waals surface area (Å²) in [6, 6.07) is 5.95. The number of aromatic nitrogens is 2. The maximum absolute atomic E-state index is 12.8. The van der Waals surface area contributed by atoms with Gasteiger partial charge in [0.15, 0.2) is 16.7 Å². The number of ether oxygens (including phenoxy) is 2. The second kappa shape index (κ2) is 8.07. The Morgan fingerprint density at radius 2 is 1.96 bits per heavy atom. The first-order valence-corrected chi connectivity index (χ1v) is 10.8. The molecule has 7 heteroatoms. The topological polar surface area (TPSA) is 65.4 Å². The van der Waals surface area contributed by atoms with E-state index >= 15 is 0 Å². The maximum atomic E-state index is 12.8. The Morgan fingerprint density at radius 3 is 2.75 bits per heavy atom. The Balaban J connectivity index is 1.46. The van der Waals surface area contributed by atoms with Gasteiger partial charge in [-0.3, -0.25) is 4.79 Å². The number of nitrogens with zero attached hydrogens (tertiary/aromatic N) is 2. The summed E-state index contributed by atoms with van der Waals surface area (Å²) in [5.41, 5.74) is 2.99. The monoisotopic (exact) mass is 401 g/mol. The smallest absolute Gasteiger partial charge is 0.237 e. The molecule has 1 amide bonds. The third-order valence-corrected chi connectivity index (χ3v) is 6.65. The van der Waals surface area contributed by atoms with Crippen molar-refractivity contribution in [3.8, 4) is 11.5 Å². The highest BCUT2D eigenvalue weighted by Crippen LogP contribution is 2.36. The third kappa shape index (κ3) is 3.85. The second-order valence-corrected chi connectivity index (χ2v) is 8.85. The van der Waals surface area contributed by atoms with Gasteiger partial charge in [-0.1, -0.05) is 31.0 Å². The van der Waals surface area contributed by atoms with Crippen LogP contribution in [0.2, 0.25) is 0 Å². The van der Waals surface area contributed by atoms with Gasteiger partial charge in [0.2, 0.25) is 12.7 Å². The van der Waals surface area contributed by atoms with E-state index in [4.69, 9.17) is 14.5 Å². The zero-order valence-electron chi connectivity index (χ0n) is 16.7. The van der Waals surface area contributed by atoms with Crippen molar-refractivity contribution in [1.29, 1.82) is 0 Å². The van der Waals surface area contributed by atoms with Crippen LogP contribution in [0.25, 0.3) is 0 Å². The Bertz CT molecular complexity index is 874. The van der Waals surface area contributed by atoms with Gasteiger partial charge in [-0.15, -0.1) is 0 Å². The third-order valence-electron chi connectivity index (χ3n) is 5.59. The number of carbonyl (C=O) groups is 1. The summed E-state index contributed by atoms with van der Waals surface area (Å²) in [5, 5.41) is 3.68. The highest BCUT2D eigenvalue weighted by atomic mass is 32.2. The molecule has 2 aromatic rings. The number of aryl methyl sites for hydroxylation is 1. The van der Waals surface area contributed by atoms with Crippen LogP contribution in [0.15, 0.2) is 23.4 Å². The fourth-order valence-corrected chi connectivity index (χ4v) is 4.95. The van der Waals surface area contributed by atoms with Gasteiger partial charge in [0.25, 0.3) is 0 Å². The molecule has 0 spiro atoms. The summed E-state index contributed by atoms with van der Waals surface area (Å²) in [7, 11) is 0. The Labute approximate surface area is 170 Å². The van der Waals surface area contributed by atoms with Crippen LogP contribution >= 0.6 is 11.8 Å². The number of hydrogen-bond acceptors (Lipinski definition) is 5. The molecule has 1 saturated carbocycles. The highest BCUT2D eigenvalue weighted by molar-refractivity contribution is 8.00. The van der Waals surface area contributed by atoms with Crippen molar-refractivity contribution in [3.05, 3.63) is 29.6 Å². The molecule has 0 saturated heterocycles. The van der Waals surface area contributed by atoms with E-state index in [9.17, 15) is 4.79 Å². The van der Waals surface area contributed by atoms with Crippen molar-refractivity contribution in [1.82, 2.24) is 9.55 Å². The van der Waals surface area contributed by atoms with E-state index in [0.29, 0.717) is 23.2 Å². The number of nitrogens with one attached hydrogen (secondary N) is 1. The molecule has 150 valence electrons. The number of fused-ring (bicyclic) bond motifs is 1. The van der Waals surface area contributed by atoms with Crippen LogP contribution in [-0.4, -0.2) is 27.5 Å². The van der Waals surface area contributed by atoms with Crippen molar-refractivity contribution in [2.24, 2.45) is 0 Å². The summed E-state index contributed by atoms with van der Waals surface area (Å²) < 4.78 is 13.1. The van der Waals surface area contributed by atoms with Gasteiger partial charge in [0.05, 0.1) is 10.9 Å². The molecule has 1 aliphatic heterocycles. The van der Waals surface area contributed by atoms with E-state index in [1.54, 1.807) is 6.07 Å². The van der Waals surface area contributed by atoms with Crippen LogP contribution in [-0.2, 0) is 4.79 Å². The molecule has 2 heterocycles. The SMILES string of the molecule is Cc1nc(S[C@H](C)C(=O)Nc2ccc3c(c2)OCO3)n(C2CCCCC2)c1C. The molecular formula is C21H27N3O3S. The summed E-state index contributed by atoms with van der Waals surface area (Å²) >= 11 is 1.54. The fourth-order valence-electron chi connectivity index (χ4n) is 3.88. The predicted octanol–water partition coefficient (Wildman–Crippen LogP) is 4.85. The normalized spacial score (nSPS) is 17.5. The lowest BCUT2D eigenvalue weighted by Gasteiger charge is -2.26. The fraction of sp³-hybridized carbons (Fsp3) is 0.524. The number of benzene rings is 1. The zero-order valence-corrected chi connectivity index (χ0v) is 17.5. The van der Waals surface area contributed by atoms with E-state index < -0.39 is 0 Å². The minimum atomic E-state index is -0.256. The minimum absolute atomic E-state index is 0.0441. The van der Waals surface area contributed by atoms with Gasteiger partial charge in [0, 0.05) is 23.5 Å². The zero-order chi connectivity index (χ0) is 19.7. The molecular weight excluding hydrogens is 374 g/mol. The van der Waals surface area contributed by atoms with Crippen molar-refractivity contribution in [3.63, 3.8) is 0 Å². The number of thioether (sulfide) groups is 1. The molecule has 2 aliphatic rings. The van der Waals surface area contributed by atoms with Crippen LogP contribution in [0.5, 0.6) is 11.5 Å². The van der Waals surface area contributed by atoms with Gasteiger partial charge >= 0.3 is 0 Å². The van der Waals surface area contributed by atoms with Gasteiger partial charge in [-0.05, 0) is 45.7 Å². The molecule has 0 radical (unpaired) electrons.